The summed E-state index contributed by atoms with van der Waals surface area (Å²) in [6, 6.07) is 7.02. The molecular weight excluding hydrogens is 393 g/mol. The summed E-state index contributed by atoms with van der Waals surface area (Å²) in [6.45, 7) is 1.47. The minimum atomic E-state index is -4.57. The highest BCUT2D eigenvalue weighted by molar-refractivity contribution is 9.10. The van der Waals surface area contributed by atoms with Crippen LogP contribution in [0.4, 0.5) is 24.5 Å². The van der Waals surface area contributed by atoms with Crippen molar-refractivity contribution in [1.29, 1.82) is 0 Å². The number of amides is 1. The molecule has 0 unspecified atom stereocenters. The van der Waals surface area contributed by atoms with Crippen molar-refractivity contribution < 1.29 is 22.9 Å². The van der Waals surface area contributed by atoms with Crippen molar-refractivity contribution in [1.82, 2.24) is 0 Å². The third-order valence-electron chi connectivity index (χ3n) is 3.19. The number of nitrogens with zero attached hydrogens (tertiary/aromatic N) is 1. The highest BCUT2D eigenvalue weighted by atomic mass is 79.9. The first-order valence-corrected chi connectivity index (χ1v) is 7.32. The van der Waals surface area contributed by atoms with E-state index in [0.29, 0.717) is 0 Å². The van der Waals surface area contributed by atoms with Crippen LogP contribution in [0.1, 0.15) is 21.5 Å². The van der Waals surface area contributed by atoms with Gasteiger partial charge in [-0.2, -0.15) is 13.2 Å². The molecule has 2 aromatic carbocycles. The van der Waals surface area contributed by atoms with E-state index < -0.39 is 22.6 Å². The average Bonchev–Trinajstić information content (AvgIpc) is 2.47. The van der Waals surface area contributed by atoms with E-state index >= 15 is 0 Å². The van der Waals surface area contributed by atoms with Crippen LogP contribution >= 0.6 is 15.9 Å². The number of rotatable bonds is 3. The summed E-state index contributed by atoms with van der Waals surface area (Å²) >= 11 is 2.81. The van der Waals surface area contributed by atoms with Crippen LogP contribution < -0.4 is 5.32 Å². The minimum Gasteiger partial charge on any atom is -0.322 e. The highest BCUT2D eigenvalue weighted by Gasteiger charge is 2.33. The zero-order valence-corrected chi connectivity index (χ0v) is 13.7. The maximum atomic E-state index is 12.9. The molecule has 0 spiro atoms. The first-order chi connectivity index (χ1) is 11.1. The van der Waals surface area contributed by atoms with Crippen LogP contribution in [-0.2, 0) is 6.18 Å². The van der Waals surface area contributed by atoms with E-state index in [0.717, 1.165) is 6.07 Å². The number of nitro benzene ring substituents is 1. The van der Waals surface area contributed by atoms with Crippen molar-refractivity contribution in [3.8, 4) is 0 Å². The molecule has 126 valence electrons. The zero-order valence-electron chi connectivity index (χ0n) is 12.1. The van der Waals surface area contributed by atoms with Crippen LogP contribution in [0.3, 0.4) is 0 Å². The summed E-state index contributed by atoms with van der Waals surface area (Å²) in [7, 11) is 0. The summed E-state index contributed by atoms with van der Waals surface area (Å²) in [6.07, 6.45) is -4.57. The van der Waals surface area contributed by atoms with Crippen LogP contribution in [0, 0.1) is 17.0 Å². The van der Waals surface area contributed by atoms with Gasteiger partial charge in [-0.15, -0.1) is 0 Å². The van der Waals surface area contributed by atoms with Crippen molar-refractivity contribution in [3.63, 3.8) is 0 Å². The molecule has 0 atom stereocenters. The molecule has 0 bridgehead atoms. The molecule has 2 aromatic rings. The number of aryl methyl sites for hydroxylation is 1. The Bertz CT molecular complexity index is 822. The van der Waals surface area contributed by atoms with Crippen LogP contribution in [0.25, 0.3) is 0 Å². The lowest BCUT2D eigenvalue weighted by atomic mass is 10.1. The minimum absolute atomic E-state index is 0.0356. The Kier molecular flexibility index (Phi) is 4.93. The fourth-order valence-corrected chi connectivity index (χ4v) is 2.50. The van der Waals surface area contributed by atoms with E-state index in [1.807, 2.05) is 0 Å². The van der Waals surface area contributed by atoms with E-state index in [9.17, 15) is 28.1 Å². The largest absolute Gasteiger partial charge is 0.417 e. The molecule has 0 saturated heterocycles. The Morgan fingerprint density at radius 1 is 1.21 bits per heavy atom. The van der Waals surface area contributed by atoms with Crippen molar-refractivity contribution in [2.45, 2.75) is 13.1 Å². The number of alkyl halides is 3. The molecule has 5 nitrogen and oxygen atoms in total. The van der Waals surface area contributed by atoms with Crippen molar-refractivity contribution >= 4 is 33.2 Å². The maximum absolute atomic E-state index is 12.9. The van der Waals surface area contributed by atoms with Gasteiger partial charge < -0.3 is 5.32 Å². The third-order valence-corrected chi connectivity index (χ3v) is 3.88. The van der Waals surface area contributed by atoms with Crippen molar-refractivity contribution in [2.24, 2.45) is 0 Å². The Hall–Kier alpha value is -2.42. The smallest absolute Gasteiger partial charge is 0.322 e. The van der Waals surface area contributed by atoms with Crippen LogP contribution in [0.5, 0.6) is 0 Å². The topological polar surface area (TPSA) is 72.2 Å². The van der Waals surface area contributed by atoms with Gasteiger partial charge in [0.15, 0.2) is 0 Å². The molecule has 0 radical (unpaired) electrons. The number of anilines is 1. The molecule has 1 N–H and O–H groups in total. The SMILES string of the molecule is Cc1cc(C(=O)Nc2ccc(Br)c(C(F)(F)F)c2)ccc1[N+](=O)[O-]. The van der Waals surface area contributed by atoms with E-state index in [1.165, 1.54) is 37.3 Å². The van der Waals surface area contributed by atoms with Crippen molar-refractivity contribution in [2.75, 3.05) is 5.32 Å². The number of nitro groups is 1. The summed E-state index contributed by atoms with van der Waals surface area (Å²) in [5, 5.41) is 13.1. The van der Waals surface area contributed by atoms with Gasteiger partial charge in [0.2, 0.25) is 0 Å². The van der Waals surface area contributed by atoms with Crippen LogP contribution in [0.2, 0.25) is 0 Å². The molecule has 0 fully saturated rings. The summed E-state index contributed by atoms with van der Waals surface area (Å²) in [5.41, 5.74) is -0.713. The Morgan fingerprint density at radius 2 is 1.88 bits per heavy atom. The Labute approximate surface area is 142 Å². The number of carbonyl (C=O) groups excluding carboxylic acids is 1. The molecule has 0 aliphatic rings. The molecular formula is C15H10BrF3N2O3. The molecule has 9 heteroatoms. The molecule has 0 saturated carbocycles. The second kappa shape index (κ2) is 6.60. The van der Waals surface area contributed by atoms with Gasteiger partial charge in [0.05, 0.1) is 10.5 Å². The Morgan fingerprint density at radius 3 is 2.42 bits per heavy atom. The number of hydrogen-bond acceptors (Lipinski definition) is 3. The number of benzene rings is 2. The molecule has 1 amide bonds. The maximum Gasteiger partial charge on any atom is 0.417 e. The average molecular weight is 403 g/mol. The normalized spacial score (nSPS) is 11.2. The first kappa shape index (κ1) is 17.9. The second-order valence-corrected chi connectivity index (χ2v) is 5.76. The number of nitrogens with one attached hydrogen (secondary N) is 1. The standard InChI is InChI=1S/C15H10BrF3N2O3/c1-8-6-9(2-5-13(8)21(23)24)14(22)20-10-3-4-12(16)11(7-10)15(17,18)19/h2-7H,1H3,(H,20,22). The van der Waals surface area contributed by atoms with Crippen LogP contribution in [0.15, 0.2) is 40.9 Å². The van der Waals surface area contributed by atoms with E-state index in [2.05, 4.69) is 21.2 Å². The van der Waals surface area contributed by atoms with E-state index in [4.69, 9.17) is 0 Å². The van der Waals surface area contributed by atoms with Gasteiger partial charge in [0, 0.05) is 27.4 Å². The van der Waals surface area contributed by atoms with Gasteiger partial charge in [-0.25, -0.2) is 0 Å². The number of halogens is 4. The molecule has 0 aromatic heterocycles. The molecule has 0 heterocycles. The Balaban J connectivity index is 2.27. The number of hydrogen-bond donors (Lipinski definition) is 1. The first-order valence-electron chi connectivity index (χ1n) is 6.52. The van der Waals surface area contributed by atoms with Gasteiger partial charge in [-0.3, -0.25) is 14.9 Å². The lowest BCUT2D eigenvalue weighted by molar-refractivity contribution is -0.385. The second-order valence-electron chi connectivity index (χ2n) is 4.90. The van der Waals surface area contributed by atoms with Gasteiger partial charge in [0.25, 0.3) is 11.6 Å². The van der Waals surface area contributed by atoms with E-state index in [-0.39, 0.29) is 27.0 Å². The predicted octanol–water partition coefficient (Wildman–Crippen LogP) is 4.94. The number of carbonyl (C=O) groups is 1. The zero-order chi connectivity index (χ0) is 18.1. The predicted molar refractivity (Wildman–Crippen MR) is 84.9 cm³/mol. The van der Waals surface area contributed by atoms with Crippen molar-refractivity contribution in [3.05, 3.63) is 67.7 Å². The lowest BCUT2D eigenvalue weighted by Crippen LogP contribution is -2.14. The lowest BCUT2D eigenvalue weighted by Gasteiger charge is -2.12. The summed E-state index contributed by atoms with van der Waals surface area (Å²) in [4.78, 5) is 22.3. The molecule has 0 aliphatic heterocycles. The highest BCUT2D eigenvalue weighted by Crippen LogP contribution is 2.36. The van der Waals surface area contributed by atoms with Gasteiger partial charge in [-0.1, -0.05) is 15.9 Å². The summed E-state index contributed by atoms with van der Waals surface area (Å²) < 4.78 is 38.4. The van der Waals surface area contributed by atoms with Gasteiger partial charge in [0.1, 0.15) is 0 Å². The molecule has 2 rings (SSSR count). The molecule has 24 heavy (non-hydrogen) atoms. The van der Waals surface area contributed by atoms with Gasteiger partial charge in [-0.05, 0) is 37.3 Å². The van der Waals surface area contributed by atoms with Crippen LogP contribution in [-0.4, -0.2) is 10.8 Å². The fourth-order valence-electron chi connectivity index (χ4n) is 2.03. The van der Waals surface area contributed by atoms with E-state index in [1.54, 1.807) is 0 Å². The third kappa shape index (κ3) is 3.91. The monoisotopic (exact) mass is 402 g/mol. The summed E-state index contributed by atoms with van der Waals surface area (Å²) in [5.74, 6) is -0.663. The molecule has 0 aliphatic carbocycles. The fraction of sp³-hybridized carbons (Fsp3) is 0.133. The van der Waals surface area contributed by atoms with Gasteiger partial charge >= 0.3 is 6.18 Å². The quantitative estimate of drug-likeness (QED) is 0.583.